The van der Waals surface area contributed by atoms with E-state index in [0.717, 1.165) is 31.4 Å². The van der Waals surface area contributed by atoms with Crippen LogP contribution in [0.1, 0.15) is 52.2 Å². The van der Waals surface area contributed by atoms with Crippen LogP contribution in [0.2, 0.25) is 0 Å². The number of carbonyl (C=O) groups is 2. The van der Waals surface area contributed by atoms with Crippen LogP contribution in [0.5, 0.6) is 0 Å². The fourth-order valence-corrected chi connectivity index (χ4v) is 3.78. The van der Waals surface area contributed by atoms with Crippen LogP contribution in [-0.4, -0.2) is 28.8 Å². The summed E-state index contributed by atoms with van der Waals surface area (Å²) in [4.78, 5) is 26.7. The molecule has 2 aromatic rings. The van der Waals surface area contributed by atoms with Crippen LogP contribution in [0.15, 0.2) is 47.1 Å². The Hall–Kier alpha value is -2.40. The summed E-state index contributed by atoms with van der Waals surface area (Å²) in [5, 5.41) is 3.49. The second-order valence-corrected chi connectivity index (χ2v) is 6.50. The summed E-state index contributed by atoms with van der Waals surface area (Å²) in [6.45, 7) is 0.673. The minimum Gasteiger partial charge on any atom is -0.468 e. The van der Waals surface area contributed by atoms with Gasteiger partial charge in [0.2, 0.25) is 0 Å². The molecule has 124 valence electrons. The van der Waals surface area contributed by atoms with Gasteiger partial charge in [-0.05, 0) is 49.9 Å². The Morgan fingerprint density at radius 3 is 2.46 bits per heavy atom. The zero-order chi connectivity index (χ0) is 16.5. The number of fused-ring (bicyclic) bond motifs is 1. The number of carbonyl (C=O) groups excluding carboxylic acids is 2. The summed E-state index contributed by atoms with van der Waals surface area (Å²) < 4.78 is 5.35. The summed E-state index contributed by atoms with van der Waals surface area (Å²) in [6, 6.07) is 11.2. The van der Waals surface area contributed by atoms with Gasteiger partial charge in [-0.25, -0.2) is 0 Å². The maximum absolute atomic E-state index is 12.6. The van der Waals surface area contributed by atoms with Crippen LogP contribution in [-0.2, 0) is 6.54 Å². The highest BCUT2D eigenvalue weighted by molar-refractivity contribution is 6.21. The average Bonchev–Trinajstić information content (AvgIpc) is 3.21. The summed E-state index contributed by atoms with van der Waals surface area (Å²) in [7, 11) is 0. The Kier molecular flexibility index (Phi) is 3.94. The van der Waals surface area contributed by atoms with E-state index >= 15 is 0 Å². The number of nitrogens with zero attached hydrogens (tertiary/aromatic N) is 1. The highest BCUT2D eigenvalue weighted by Crippen LogP contribution is 2.31. The van der Waals surface area contributed by atoms with Crippen LogP contribution in [0.25, 0.3) is 0 Å². The zero-order valence-electron chi connectivity index (χ0n) is 13.4. The Morgan fingerprint density at radius 2 is 1.79 bits per heavy atom. The predicted octanol–water partition coefficient (Wildman–Crippen LogP) is 2.98. The van der Waals surface area contributed by atoms with Crippen molar-refractivity contribution < 1.29 is 14.0 Å². The Bertz CT molecular complexity index is 719. The monoisotopic (exact) mass is 324 g/mol. The van der Waals surface area contributed by atoms with E-state index in [0.29, 0.717) is 17.7 Å². The molecule has 0 unspecified atom stereocenters. The van der Waals surface area contributed by atoms with E-state index in [1.54, 1.807) is 18.4 Å². The molecule has 2 aliphatic rings. The lowest BCUT2D eigenvalue weighted by Gasteiger charge is -2.34. The Morgan fingerprint density at radius 1 is 1.04 bits per heavy atom. The fraction of sp³-hybridized carbons (Fsp3) is 0.368. The number of hydrogen-bond donors (Lipinski definition) is 1. The van der Waals surface area contributed by atoms with Gasteiger partial charge >= 0.3 is 0 Å². The van der Waals surface area contributed by atoms with E-state index in [1.165, 1.54) is 4.90 Å². The first-order chi connectivity index (χ1) is 11.7. The molecule has 0 radical (unpaired) electrons. The number of nitrogens with one attached hydrogen (secondary N) is 1. The van der Waals surface area contributed by atoms with Crippen molar-refractivity contribution in [3.63, 3.8) is 0 Å². The van der Waals surface area contributed by atoms with E-state index in [4.69, 9.17) is 4.42 Å². The van der Waals surface area contributed by atoms with Crippen molar-refractivity contribution in [2.24, 2.45) is 0 Å². The third-order valence-electron chi connectivity index (χ3n) is 4.98. The van der Waals surface area contributed by atoms with E-state index in [-0.39, 0.29) is 23.9 Å². The lowest BCUT2D eigenvalue weighted by Crippen LogP contribution is -2.46. The second kappa shape index (κ2) is 6.24. The fourth-order valence-electron chi connectivity index (χ4n) is 3.78. The quantitative estimate of drug-likeness (QED) is 0.878. The molecule has 5 heteroatoms. The summed E-state index contributed by atoms with van der Waals surface area (Å²) in [5.41, 5.74) is 1.07. The molecule has 0 spiro atoms. The van der Waals surface area contributed by atoms with Gasteiger partial charge in [-0.2, -0.15) is 0 Å². The van der Waals surface area contributed by atoms with Gasteiger partial charge in [-0.3, -0.25) is 14.5 Å². The first-order valence-electron chi connectivity index (χ1n) is 8.46. The molecule has 1 saturated carbocycles. The molecule has 1 aliphatic carbocycles. The standard InChI is InChI=1S/C19H20N2O3/c22-18-16-8-1-2-9-17(16)19(23)21(18)14-6-3-5-13(11-14)20-12-15-7-4-10-24-15/h1-2,4,7-10,13-14,20H,3,5-6,11-12H2/t13-,14+/m1/s1. The number of hydrogen-bond acceptors (Lipinski definition) is 4. The van der Waals surface area contributed by atoms with Crippen LogP contribution >= 0.6 is 0 Å². The average molecular weight is 324 g/mol. The molecule has 4 rings (SSSR count). The molecule has 1 N–H and O–H groups in total. The van der Waals surface area contributed by atoms with Gasteiger partial charge in [-0.15, -0.1) is 0 Å². The van der Waals surface area contributed by atoms with Crippen molar-refractivity contribution in [3.05, 3.63) is 59.5 Å². The molecule has 2 amide bonds. The summed E-state index contributed by atoms with van der Waals surface area (Å²) in [5.74, 6) is 0.609. The molecular formula is C19H20N2O3. The van der Waals surface area contributed by atoms with Gasteiger partial charge in [-0.1, -0.05) is 12.1 Å². The molecule has 5 nitrogen and oxygen atoms in total. The van der Waals surface area contributed by atoms with Gasteiger partial charge in [0.05, 0.1) is 23.9 Å². The van der Waals surface area contributed by atoms with E-state index in [9.17, 15) is 9.59 Å². The molecule has 2 atom stereocenters. The Balaban J connectivity index is 1.45. The Labute approximate surface area is 140 Å². The van der Waals surface area contributed by atoms with Crippen molar-refractivity contribution in [2.45, 2.75) is 44.3 Å². The van der Waals surface area contributed by atoms with Crippen LogP contribution in [0.3, 0.4) is 0 Å². The lowest BCUT2D eigenvalue weighted by molar-refractivity contribution is 0.0533. The summed E-state index contributed by atoms with van der Waals surface area (Å²) >= 11 is 0. The molecule has 1 fully saturated rings. The van der Waals surface area contributed by atoms with E-state index in [1.807, 2.05) is 24.3 Å². The molecular weight excluding hydrogens is 304 g/mol. The third-order valence-corrected chi connectivity index (χ3v) is 4.98. The molecule has 2 heterocycles. The van der Waals surface area contributed by atoms with Gasteiger partial charge < -0.3 is 9.73 Å². The SMILES string of the molecule is O=C1c2ccccc2C(=O)N1[C@H]1CCC[C@@H](NCc2ccco2)C1. The van der Waals surface area contributed by atoms with Gasteiger partial charge in [0, 0.05) is 12.1 Å². The first kappa shape index (κ1) is 15.1. The van der Waals surface area contributed by atoms with Crippen molar-refractivity contribution in [1.82, 2.24) is 10.2 Å². The molecule has 0 saturated heterocycles. The molecule has 1 aromatic heterocycles. The summed E-state index contributed by atoms with van der Waals surface area (Å²) in [6.07, 6.45) is 5.41. The van der Waals surface area contributed by atoms with E-state index < -0.39 is 0 Å². The normalized spacial score (nSPS) is 23.6. The maximum Gasteiger partial charge on any atom is 0.261 e. The lowest BCUT2D eigenvalue weighted by atomic mass is 9.90. The van der Waals surface area contributed by atoms with Crippen LogP contribution in [0.4, 0.5) is 0 Å². The molecule has 1 aliphatic heterocycles. The number of amides is 2. The predicted molar refractivity (Wildman–Crippen MR) is 88.5 cm³/mol. The first-order valence-corrected chi connectivity index (χ1v) is 8.46. The highest BCUT2D eigenvalue weighted by Gasteiger charge is 2.41. The minimum atomic E-state index is -0.146. The largest absolute Gasteiger partial charge is 0.468 e. The number of rotatable bonds is 4. The van der Waals surface area contributed by atoms with E-state index in [2.05, 4.69) is 5.32 Å². The molecule has 1 aromatic carbocycles. The second-order valence-electron chi connectivity index (χ2n) is 6.50. The number of furan rings is 1. The smallest absolute Gasteiger partial charge is 0.261 e. The van der Waals surface area contributed by atoms with Gasteiger partial charge in [0.1, 0.15) is 5.76 Å². The molecule has 0 bridgehead atoms. The minimum absolute atomic E-state index is 0.0275. The third kappa shape index (κ3) is 2.65. The van der Waals surface area contributed by atoms with Crippen molar-refractivity contribution in [3.8, 4) is 0 Å². The van der Waals surface area contributed by atoms with Crippen LogP contribution in [0, 0.1) is 0 Å². The maximum atomic E-state index is 12.6. The zero-order valence-corrected chi connectivity index (χ0v) is 13.4. The molecule has 24 heavy (non-hydrogen) atoms. The van der Waals surface area contributed by atoms with Crippen molar-refractivity contribution in [1.29, 1.82) is 0 Å². The van der Waals surface area contributed by atoms with Crippen LogP contribution < -0.4 is 5.32 Å². The van der Waals surface area contributed by atoms with Gasteiger partial charge in [0.15, 0.2) is 0 Å². The highest BCUT2D eigenvalue weighted by atomic mass is 16.3. The van der Waals surface area contributed by atoms with Crippen molar-refractivity contribution in [2.75, 3.05) is 0 Å². The number of imide groups is 1. The van der Waals surface area contributed by atoms with Crippen molar-refractivity contribution >= 4 is 11.8 Å². The van der Waals surface area contributed by atoms with Gasteiger partial charge in [0.25, 0.3) is 11.8 Å². The number of benzene rings is 1. The topological polar surface area (TPSA) is 62.6 Å².